The van der Waals surface area contributed by atoms with Gasteiger partial charge in [-0.05, 0) is 33.6 Å². The van der Waals surface area contributed by atoms with Gasteiger partial charge in [0, 0.05) is 13.6 Å². The van der Waals surface area contributed by atoms with Crippen molar-refractivity contribution in [2.45, 2.75) is 51.4 Å². The Bertz CT molecular complexity index is 325. The molecule has 0 aromatic carbocycles. The van der Waals surface area contributed by atoms with Gasteiger partial charge >= 0.3 is 6.09 Å². The zero-order chi connectivity index (χ0) is 13.9. The molecule has 1 saturated heterocycles. The first-order chi connectivity index (χ1) is 8.19. The molecule has 0 radical (unpaired) electrons. The van der Waals surface area contributed by atoms with Crippen LogP contribution >= 0.6 is 0 Å². The molecule has 104 valence electrons. The van der Waals surface area contributed by atoms with Crippen molar-refractivity contribution in [2.75, 3.05) is 13.6 Å². The fourth-order valence-electron chi connectivity index (χ4n) is 1.83. The lowest BCUT2D eigenvalue weighted by molar-refractivity contribution is -0.132. The number of alkyl carbamates (subject to hydrolysis) is 1. The van der Waals surface area contributed by atoms with Crippen LogP contribution in [-0.2, 0) is 9.53 Å². The van der Waals surface area contributed by atoms with Crippen molar-refractivity contribution in [2.24, 2.45) is 0 Å². The number of likely N-dealkylation sites (tertiary alicyclic amines) is 1. The van der Waals surface area contributed by atoms with Crippen LogP contribution in [0.2, 0.25) is 0 Å². The molecule has 2 atom stereocenters. The Morgan fingerprint density at radius 1 is 1.44 bits per heavy atom. The van der Waals surface area contributed by atoms with Gasteiger partial charge in [-0.2, -0.15) is 0 Å². The standard InChI is InChI=1S/C12H22N2O4/c1-12(2,3)18-11(17)13-9-6-5-8(15)7-14(4)10(9)16/h8-9,15H,5-7H2,1-4H3,(H,13,17)/t8-,9+/m1/s1. The van der Waals surface area contributed by atoms with Gasteiger partial charge in [0.15, 0.2) is 0 Å². The van der Waals surface area contributed by atoms with Gasteiger partial charge in [0.2, 0.25) is 5.91 Å². The molecule has 1 heterocycles. The van der Waals surface area contributed by atoms with Crippen LogP contribution in [0.1, 0.15) is 33.6 Å². The molecule has 0 aromatic rings. The third kappa shape index (κ3) is 4.52. The van der Waals surface area contributed by atoms with E-state index in [2.05, 4.69) is 5.32 Å². The van der Waals surface area contributed by atoms with E-state index in [4.69, 9.17) is 4.74 Å². The average molecular weight is 258 g/mol. The molecule has 2 N–H and O–H groups in total. The lowest BCUT2D eigenvalue weighted by Gasteiger charge is -2.24. The van der Waals surface area contributed by atoms with Crippen molar-refractivity contribution < 1.29 is 19.4 Å². The highest BCUT2D eigenvalue weighted by Crippen LogP contribution is 2.13. The molecular formula is C12H22N2O4. The number of aliphatic hydroxyl groups is 1. The van der Waals surface area contributed by atoms with Gasteiger partial charge in [0.05, 0.1) is 6.10 Å². The van der Waals surface area contributed by atoms with E-state index in [-0.39, 0.29) is 5.91 Å². The van der Waals surface area contributed by atoms with Crippen molar-refractivity contribution in [3.63, 3.8) is 0 Å². The summed E-state index contributed by atoms with van der Waals surface area (Å²) in [6.45, 7) is 5.58. The summed E-state index contributed by atoms with van der Waals surface area (Å²) in [5, 5.41) is 12.1. The maximum atomic E-state index is 11.9. The quantitative estimate of drug-likeness (QED) is 0.717. The summed E-state index contributed by atoms with van der Waals surface area (Å²) < 4.78 is 5.11. The Morgan fingerprint density at radius 2 is 2.06 bits per heavy atom. The Balaban J connectivity index is 2.59. The fraction of sp³-hybridized carbons (Fsp3) is 0.833. The number of nitrogens with one attached hydrogen (secondary N) is 1. The predicted molar refractivity (Wildman–Crippen MR) is 66.0 cm³/mol. The number of likely N-dealkylation sites (N-methyl/N-ethyl adjacent to an activating group) is 1. The second-order valence-corrected chi connectivity index (χ2v) is 5.65. The van der Waals surface area contributed by atoms with Crippen LogP contribution in [0, 0.1) is 0 Å². The first kappa shape index (κ1) is 14.8. The number of β-amino-alcohol motifs (C(OH)–C–C–N with tert-alkyl or cyclic N) is 1. The van der Waals surface area contributed by atoms with Gasteiger partial charge in [0.25, 0.3) is 0 Å². The van der Waals surface area contributed by atoms with Crippen LogP contribution in [0.25, 0.3) is 0 Å². The summed E-state index contributed by atoms with van der Waals surface area (Å²) in [6, 6.07) is -0.623. The molecule has 18 heavy (non-hydrogen) atoms. The summed E-state index contributed by atoms with van der Waals surface area (Å²) in [5.74, 6) is -0.197. The van der Waals surface area contributed by atoms with Crippen LogP contribution in [0.15, 0.2) is 0 Å². The number of hydrogen-bond acceptors (Lipinski definition) is 4. The number of carbonyl (C=O) groups excluding carboxylic acids is 2. The Morgan fingerprint density at radius 3 is 2.61 bits per heavy atom. The zero-order valence-corrected chi connectivity index (χ0v) is 11.4. The predicted octanol–water partition coefficient (Wildman–Crippen LogP) is 0.493. The van der Waals surface area contributed by atoms with E-state index in [9.17, 15) is 14.7 Å². The van der Waals surface area contributed by atoms with Gasteiger partial charge in [-0.1, -0.05) is 0 Å². The van der Waals surface area contributed by atoms with Crippen LogP contribution in [-0.4, -0.2) is 53.3 Å². The van der Waals surface area contributed by atoms with Crippen molar-refractivity contribution in [1.82, 2.24) is 10.2 Å². The molecule has 0 bridgehead atoms. The molecule has 6 nitrogen and oxygen atoms in total. The molecule has 1 fully saturated rings. The first-order valence-corrected chi connectivity index (χ1v) is 6.11. The topological polar surface area (TPSA) is 78.9 Å². The van der Waals surface area contributed by atoms with Crippen molar-refractivity contribution in [1.29, 1.82) is 0 Å². The number of carbonyl (C=O) groups is 2. The smallest absolute Gasteiger partial charge is 0.408 e. The summed E-state index contributed by atoms with van der Waals surface area (Å²) in [6.07, 6.45) is -0.241. The minimum Gasteiger partial charge on any atom is -0.444 e. The molecule has 2 amide bonds. The van der Waals surface area contributed by atoms with E-state index in [1.54, 1.807) is 27.8 Å². The number of hydrogen-bond donors (Lipinski definition) is 2. The maximum Gasteiger partial charge on any atom is 0.408 e. The molecule has 0 spiro atoms. The van der Waals surface area contributed by atoms with E-state index in [1.807, 2.05) is 0 Å². The second kappa shape index (κ2) is 5.56. The van der Waals surface area contributed by atoms with E-state index in [0.717, 1.165) is 0 Å². The average Bonchev–Trinajstić information content (AvgIpc) is 2.29. The number of nitrogens with zero attached hydrogens (tertiary/aromatic N) is 1. The monoisotopic (exact) mass is 258 g/mol. The van der Waals surface area contributed by atoms with Crippen molar-refractivity contribution >= 4 is 12.0 Å². The third-order valence-corrected chi connectivity index (χ3v) is 2.64. The summed E-state index contributed by atoms with van der Waals surface area (Å²) in [4.78, 5) is 25.0. The molecule has 0 unspecified atom stereocenters. The van der Waals surface area contributed by atoms with E-state index in [1.165, 1.54) is 4.90 Å². The molecule has 0 aliphatic carbocycles. The highest BCUT2D eigenvalue weighted by atomic mass is 16.6. The molecule has 6 heteroatoms. The normalized spacial score (nSPS) is 25.6. The third-order valence-electron chi connectivity index (χ3n) is 2.64. The van der Waals surface area contributed by atoms with Crippen molar-refractivity contribution in [3.05, 3.63) is 0 Å². The number of ether oxygens (including phenoxy) is 1. The lowest BCUT2D eigenvalue weighted by atomic mass is 10.1. The van der Waals surface area contributed by atoms with Gasteiger partial charge in [-0.3, -0.25) is 4.79 Å². The Kier molecular flexibility index (Phi) is 4.56. The summed E-state index contributed by atoms with van der Waals surface area (Å²) in [7, 11) is 1.61. The van der Waals surface area contributed by atoms with Crippen LogP contribution in [0.4, 0.5) is 4.79 Å². The van der Waals surface area contributed by atoms with E-state index >= 15 is 0 Å². The molecule has 1 aliphatic rings. The zero-order valence-electron chi connectivity index (χ0n) is 11.4. The molecule has 0 saturated carbocycles. The minimum absolute atomic E-state index is 0.197. The molecule has 1 aliphatic heterocycles. The SMILES string of the molecule is CN1C[C@H](O)CC[C@H](NC(=O)OC(C)(C)C)C1=O. The fourth-order valence-corrected chi connectivity index (χ4v) is 1.83. The highest BCUT2D eigenvalue weighted by Gasteiger charge is 2.30. The maximum absolute atomic E-state index is 11.9. The Labute approximate surface area is 107 Å². The number of amides is 2. The Hall–Kier alpha value is -1.30. The van der Waals surface area contributed by atoms with E-state index in [0.29, 0.717) is 19.4 Å². The van der Waals surface area contributed by atoms with Crippen LogP contribution in [0.3, 0.4) is 0 Å². The van der Waals surface area contributed by atoms with Crippen molar-refractivity contribution in [3.8, 4) is 0 Å². The molecule has 0 aromatic heterocycles. The van der Waals surface area contributed by atoms with Gasteiger partial charge in [-0.25, -0.2) is 4.79 Å². The second-order valence-electron chi connectivity index (χ2n) is 5.65. The molecular weight excluding hydrogens is 236 g/mol. The minimum atomic E-state index is -0.623. The first-order valence-electron chi connectivity index (χ1n) is 6.11. The van der Waals surface area contributed by atoms with Crippen LogP contribution in [0.5, 0.6) is 0 Å². The molecule has 1 rings (SSSR count). The highest BCUT2D eigenvalue weighted by molar-refractivity contribution is 5.85. The van der Waals surface area contributed by atoms with Crippen LogP contribution < -0.4 is 5.32 Å². The van der Waals surface area contributed by atoms with Gasteiger partial charge < -0.3 is 20.1 Å². The largest absolute Gasteiger partial charge is 0.444 e. The summed E-state index contributed by atoms with van der Waals surface area (Å²) >= 11 is 0. The van der Waals surface area contributed by atoms with Gasteiger partial charge in [0.1, 0.15) is 11.6 Å². The van der Waals surface area contributed by atoms with E-state index < -0.39 is 23.8 Å². The summed E-state index contributed by atoms with van der Waals surface area (Å²) in [5.41, 5.74) is -0.594. The number of aliphatic hydroxyl groups excluding tert-OH is 1. The van der Waals surface area contributed by atoms with Gasteiger partial charge in [-0.15, -0.1) is 0 Å². The lowest BCUT2D eigenvalue weighted by Crippen LogP contribution is -2.47. The number of rotatable bonds is 1.